The number of aldehydes is 1. The van der Waals surface area contributed by atoms with Crippen LogP contribution < -0.4 is 0 Å². The molecule has 0 saturated carbocycles. The van der Waals surface area contributed by atoms with Gasteiger partial charge in [-0.15, -0.1) is 0 Å². The molecule has 0 heterocycles. The number of hydrogen-bond acceptors (Lipinski definition) is 1. The van der Waals surface area contributed by atoms with Crippen molar-refractivity contribution in [1.82, 2.24) is 0 Å². The molecule has 0 unspecified atom stereocenters. The van der Waals surface area contributed by atoms with Gasteiger partial charge in [-0.25, -0.2) is 0 Å². The number of rotatable bonds is 5. The lowest BCUT2D eigenvalue weighted by molar-refractivity contribution is -0.116. The summed E-state index contributed by atoms with van der Waals surface area (Å²) in [5.74, 6) is 0. The van der Waals surface area contributed by atoms with E-state index in [1.807, 2.05) is 0 Å². The second kappa shape index (κ2) is 5.13. The van der Waals surface area contributed by atoms with Crippen LogP contribution in [0.15, 0.2) is 11.6 Å². The van der Waals surface area contributed by atoms with E-state index in [4.69, 9.17) is 0 Å². The van der Waals surface area contributed by atoms with Gasteiger partial charge in [-0.3, -0.25) is 0 Å². The SMILES string of the molecule is CCC(C=O)(CC)CC=C(C)C. The van der Waals surface area contributed by atoms with Gasteiger partial charge in [0.2, 0.25) is 0 Å². The van der Waals surface area contributed by atoms with Crippen molar-refractivity contribution < 1.29 is 4.79 Å². The van der Waals surface area contributed by atoms with Crippen molar-refractivity contribution in [2.45, 2.75) is 47.0 Å². The van der Waals surface area contributed by atoms with Crippen molar-refractivity contribution in [1.29, 1.82) is 0 Å². The van der Waals surface area contributed by atoms with Crippen LogP contribution in [0.3, 0.4) is 0 Å². The maximum atomic E-state index is 10.9. The molecule has 0 N–H and O–H groups in total. The molecular weight excluding hydrogens is 148 g/mol. The van der Waals surface area contributed by atoms with E-state index >= 15 is 0 Å². The number of carbonyl (C=O) groups is 1. The van der Waals surface area contributed by atoms with Crippen molar-refractivity contribution in [3.8, 4) is 0 Å². The quantitative estimate of drug-likeness (QED) is 0.454. The van der Waals surface area contributed by atoms with E-state index in [0.717, 1.165) is 25.5 Å². The predicted octanol–water partition coefficient (Wildman–Crippen LogP) is 3.35. The average molecular weight is 168 g/mol. The summed E-state index contributed by atoms with van der Waals surface area (Å²) in [6.45, 7) is 8.30. The largest absolute Gasteiger partial charge is 0.303 e. The van der Waals surface area contributed by atoms with Gasteiger partial charge in [0.15, 0.2) is 0 Å². The third-order valence-electron chi connectivity index (χ3n) is 2.58. The summed E-state index contributed by atoms with van der Waals surface area (Å²) in [6, 6.07) is 0. The van der Waals surface area contributed by atoms with Gasteiger partial charge in [0.25, 0.3) is 0 Å². The van der Waals surface area contributed by atoms with Crippen LogP contribution in [0, 0.1) is 5.41 Å². The van der Waals surface area contributed by atoms with Crippen LogP contribution in [0.25, 0.3) is 0 Å². The summed E-state index contributed by atoms with van der Waals surface area (Å²) in [5, 5.41) is 0. The van der Waals surface area contributed by atoms with Crippen LogP contribution in [-0.4, -0.2) is 6.29 Å². The number of carbonyl (C=O) groups excluding carboxylic acids is 1. The van der Waals surface area contributed by atoms with Gasteiger partial charge in [0.1, 0.15) is 6.29 Å². The van der Waals surface area contributed by atoms with Gasteiger partial charge in [-0.2, -0.15) is 0 Å². The van der Waals surface area contributed by atoms with Crippen LogP contribution >= 0.6 is 0 Å². The smallest absolute Gasteiger partial charge is 0.126 e. The van der Waals surface area contributed by atoms with Crippen LogP contribution in [0.1, 0.15) is 47.0 Å². The van der Waals surface area contributed by atoms with Gasteiger partial charge in [-0.05, 0) is 33.1 Å². The lowest BCUT2D eigenvalue weighted by Gasteiger charge is -2.22. The van der Waals surface area contributed by atoms with Crippen molar-refractivity contribution >= 4 is 6.29 Å². The molecule has 0 amide bonds. The average Bonchev–Trinajstić information content (AvgIpc) is 2.08. The molecule has 0 aliphatic heterocycles. The summed E-state index contributed by atoms with van der Waals surface area (Å²) >= 11 is 0. The second-order valence-corrected chi connectivity index (χ2v) is 3.67. The first-order valence-electron chi connectivity index (χ1n) is 4.70. The monoisotopic (exact) mass is 168 g/mol. The maximum Gasteiger partial charge on any atom is 0.126 e. The van der Waals surface area contributed by atoms with Crippen LogP contribution in [-0.2, 0) is 4.79 Å². The summed E-state index contributed by atoms with van der Waals surface area (Å²) in [7, 11) is 0. The van der Waals surface area contributed by atoms with Gasteiger partial charge >= 0.3 is 0 Å². The first-order chi connectivity index (χ1) is 5.60. The molecule has 1 heteroatoms. The third-order valence-corrected chi connectivity index (χ3v) is 2.58. The Bertz CT molecular complexity index is 160. The zero-order valence-electron chi connectivity index (χ0n) is 8.68. The standard InChI is InChI=1S/C11H20O/c1-5-11(6-2,9-12)8-7-10(3)4/h7,9H,5-6,8H2,1-4H3. The number of hydrogen-bond donors (Lipinski definition) is 0. The summed E-state index contributed by atoms with van der Waals surface area (Å²) in [6.07, 6.45) is 6.05. The van der Waals surface area contributed by atoms with Crippen LogP contribution in [0.5, 0.6) is 0 Å². The molecule has 1 nitrogen and oxygen atoms in total. The third kappa shape index (κ3) is 3.21. The summed E-state index contributed by atoms with van der Waals surface area (Å²) in [5.41, 5.74) is 1.19. The Morgan fingerprint density at radius 1 is 1.25 bits per heavy atom. The zero-order chi connectivity index (χ0) is 9.61. The van der Waals surface area contributed by atoms with E-state index in [0.29, 0.717) is 0 Å². The lowest BCUT2D eigenvalue weighted by atomic mass is 9.80. The molecule has 0 saturated heterocycles. The topological polar surface area (TPSA) is 17.1 Å². The van der Waals surface area contributed by atoms with Gasteiger partial charge in [-0.1, -0.05) is 25.5 Å². The van der Waals surface area contributed by atoms with E-state index in [1.165, 1.54) is 5.57 Å². The molecule has 0 fully saturated rings. The Kier molecular flexibility index (Phi) is 4.87. The van der Waals surface area contributed by atoms with Crippen molar-refractivity contribution in [2.24, 2.45) is 5.41 Å². The van der Waals surface area contributed by atoms with Crippen molar-refractivity contribution in [3.63, 3.8) is 0 Å². The Balaban J connectivity index is 4.31. The van der Waals surface area contributed by atoms with E-state index in [2.05, 4.69) is 33.8 Å². The first kappa shape index (κ1) is 11.4. The molecule has 0 aromatic carbocycles. The summed E-state index contributed by atoms with van der Waals surface area (Å²) < 4.78 is 0. The minimum atomic E-state index is -0.0999. The Labute approximate surface area is 75.9 Å². The second-order valence-electron chi connectivity index (χ2n) is 3.67. The van der Waals surface area contributed by atoms with Crippen molar-refractivity contribution in [3.05, 3.63) is 11.6 Å². The summed E-state index contributed by atoms with van der Waals surface area (Å²) in [4.78, 5) is 10.9. The lowest BCUT2D eigenvalue weighted by Crippen LogP contribution is -2.19. The van der Waals surface area contributed by atoms with Crippen molar-refractivity contribution in [2.75, 3.05) is 0 Å². The van der Waals surface area contributed by atoms with E-state index in [9.17, 15) is 4.79 Å². The van der Waals surface area contributed by atoms with E-state index in [-0.39, 0.29) is 5.41 Å². The van der Waals surface area contributed by atoms with E-state index in [1.54, 1.807) is 0 Å². The molecule has 0 aliphatic carbocycles. The van der Waals surface area contributed by atoms with Gasteiger partial charge in [0.05, 0.1) is 0 Å². The molecule has 12 heavy (non-hydrogen) atoms. The highest BCUT2D eigenvalue weighted by Crippen LogP contribution is 2.28. The molecule has 0 radical (unpaired) electrons. The highest BCUT2D eigenvalue weighted by atomic mass is 16.1. The molecule has 0 spiro atoms. The van der Waals surface area contributed by atoms with Crippen LogP contribution in [0.2, 0.25) is 0 Å². The fourth-order valence-electron chi connectivity index (χ4n) is 1.16. The zero-order valence-corrected chi connectivity index (χ0v) is 8.68. The Morgan fingerprint density at radius 2 is 1.75 bits per heavy atom. The van der Waals surface area contributed by atoms with Gasteiger partial charge in [0, 0.05) is 5.41 Å². The molecule has 0 aromatic heterocycles. The minimum Gasteiger partial charge on any atom is -0.303 e. The molecule has 0 aliphatic rings. The fourth-order valence-corrected chi connectivity index (χ4v) is 1.16. The molecule has 0 aromatic rings. The highest BCUT2D eigenvalue weighted by molar-refractivity contribution is 5.59. The minimum absolute atomic E-state index is 0.0999. The Hall–Kier alpha value is -0.590. The molecule has 0 bridgehead atoms. The van der Waals surface area contributed by atoms with Gasteiger partial charge < -0.3 is 4.79 Å². The Morgan fingerprint density at radius 3 is 2.00 bits per heavy atom. The molecule has 0 atom stereocenters. The highest BCUT2D eigenvalue weighted by Gasteiger charge is 2.23. The normalized spacial score (nSPS) is 11.0. The molecule has 0 rings (SSSR count). The van der Waals surface area contributed by atoms with E-state index < -0.39 is 0 Å². The maximum absolute atomic E-state index is 10.9. The number of allylic oxidation sites excluding steroid dienone is 2. The fraction of sp³-hybridized carbons (Fsp3) is 0.727. The molecule has 70 valence electrons. The predicted molar refractivity (Wildman–Crippen MR) is 53.1 cm³/mol. The molecular formula is C11H20O. The first-order valence-corrected chi connectivity index (χ1v) is 4.70. The van der Waals surface area contributed by atoms with Crippen LogP contribution in [0.4, 0.5) is 0 Å².